The maximum Gasteiger partial charge on any atom is 0.360 e. The van der Waals surface area contributed by atoms with Crippen molar-refractivity contribution in [1.82, 2.24) is 24.4 Å². The van der Waals surface area contributed by atoms with Gasteiger partial charge in [-0.1, -0.05) is 54.1 Å². The first-order valence-corrected chi connectivity index (χ1v) is 11.9. The average molecular weight is 510 g/mol. The number of benzene rings is 3. The molecular weight excluding hydrogens is 490 g/mol. The molecule has 0 atom stereocenters. The third-order valence-electron chi connectivity index (χ3n) is 6.07. The second kappa shape index (κ2) is 9.40. The zero-order valence-corrected chi connectivity index (χ0v) is 20.5. The Labute approximate surface area is 216 Å². The lowest BCUT2D eigenvalue weighted by Gasteiger charge is -2.15. The number of carbonyl (C=O) groups excluding carboxylic acids is 1. The SMILES string of the molecule is COC(=O)c1c(OCc2ccccc2)c2ccc(-c3cnn(-c4cccc(Cl)c4)c3)cc2c2ncnn12. The van der Waals surface area contributed by atoms with Crippen LogP contribution in [0.2, 0.25) is 5.02 Å². The number of rotatable bonds is 6. The van der Waals surface area contributed by atoms with Crippen molar-refractivity contribution in [3.05, 3.63) is 108 Å². The summed E-state index contributed by atoms with van der Waals surface area (Å²) in [5.74, 6) is -0.183. The van der Waals surface area contributed by atoms with Crippen LogP contribution in [0.25, 0.3) is 33.2 Å². The number of carbonyl (C=O) groups is 1. The molecule has 0 aliphatic carbocycles. The van der Waals surface area contributed by atoms with Crippen molar-refractivity contribution in [3.63, 3.8) is 0 Å². The Morgan fingerprint density at radius 1 is 0.946 bits per heavy atom. The van der Waals surface area contributed by atoms with Gasteiger partial charge in [0.25, 0.3) is 0 Å². The molecule has 3 aromatic heterocycles. The quantitative estimate of drug-likeness (QED) is 0.266. The largest absolute Gasteiger partial charge is 0.486 e. The van der Waals surface area contributed by atoms with Crippen molar-refractivity contribution < 1.29 is 14.3 Å². The standard InChI is InChI=1S/C28H20ClN5O3/c1-36-28(35)25-26(37-16-18-6-3-2-4-7-18)23-11-10-19(12-24(23)27-30-17-32-34(25)27)20-14-31-33(15-20)22-9-5-8-21(29)13-22/h2-15,17H,16H2,1H3. The predicted molar refractivity (Wildman–Crippen MR) is 140 cm³/mol. The Morgan fingerprint density at radius 2 is 1.81 bits per heavy atom. The van der Waals surface area contributed by atoms with E-state index in [-0.39, 0.29) is 12.3 Å². The van der Waals surface area contributed by atoms with Crippen LogP contribution in [0.3, 0.4) is 0 Å². The molecule has 0 aliphatic rings. The summed E-state index contributed by atoms with van der Waals surface area (Å²) in [7, 11) is 1.33. The van der Waals surface area contributed by atoms with E-state index in [1.54, 1.807) is 10.9 Å². The Bertz CT molecular complexity index is 1760. The van der Waals surface area contributed by atoms with Gasteiger partial charge in [-0.3, -0.25) is 0 Å². The van der Waals surface area contributed by atoms with E-state index in [1.807, 2.05) is 79.0 Å². The normalized spacial score (nSPS) is 11.2. The lowest BCUT2D eigenvalue weighted by molar-refractivity contribution is 0.0585. The van der Waals surface area contributed by atoms with Crippen LogP contribution in [0, 0.1) is 0 Å². The maximum atomic E-state index is 12.8. The summed E-state index contributed by atoms with van der Waals surface area (Å²) in [5, 5.41) is 10.9. The van der Waals surface area contributed by atoms with Crippen LogP contribution in [-0.4, -0.2) is 37.5 Å². The molecule has 3 heterocycles. The number of hydrogen-bond donors (Lipinski definition) is 0. The maximum absolute atomic E-state index is 12.8. The monoisotopic (exact) mass is 509 g/mol. The van der Waals surface area contributed by atoms with Gasteiger partial charge in [-0.05, 0) is 41.5 Å². The highest BCUT2D eigenvalue weighted by atomic mass is 35.5. The molecule has 0 bridgehead atoms. The summed E-state index contributed by atoms with van der Waals surface area (Å²) in [4.78, 5) is 17.3. The van der Waals surface area contributed by atoms with Gasteiger partial charge in [0, 0.05) is 27.6 Å². The molecule has 6 rings (SSSR count). The number of fused-ring (bicyclic) bond motifs is 3. The molecule has 0 fully saturated rings. The van der Waals surface area contributed by atoms with E-state index in [9.17, 15) is 4.79 Å². The highest BCUT2D eigenvalue weighted by Gasteiger charge is 2.24. The summed E-state index contributed by atoms with van der Waals surface area (Å²) in [5.41, 5.74) is 4.36. The Kier molecular flexibility index (Phi) is 5.78. The molecule has 0 radical (unpaired) electrons. The van der Waals surface area contributed by atoms with Crippen LogP contribution in [0.5, 0.6) is 5.75 Å². The molecule has 9 heteroatoms. The molecular formula is C28H20ClN5O3. The van der Waals surface area contributed by atoms with Crippen LogP contribution in [0.4, 0.5) is 0 Å². The van der Waals surface area contributed by atoms with E-state index in [1.165, 1.54) is 18.0 Å². The van der Waals surface area contributed by atoms with Gasteiger partial charge in [0.05, 0.1) is 19.0 Å². The Balaban J connectivity index is 1.49. The first kappa shape index (κ1) is 22.8. The third-order valence-corrected chi connectivity index (χ3v) is 6.31. The Morgan fingerprint density at radius 3 is 2.62 bits per heavy atom. The smallest absolute Gasteiger partial charge is 0.360 e. The van der Waals surface area contributed by atoms with E-state index in [2.05, 4.69) is 15.2 Å². The van der Waals surface area contributed by atoms with Gasteiger partial charge in [0.2, 0.25) is 0 Å². The lowest BCUT2D eigenvalue weighted by Crippen LogP contribution is -2.13. The molecule has 0 N–H and O–H groups in total. The van der Waals surface area contributed by atoms with Crippen molar-refractivity contribution >= 4 is 34.0 Å². The van der Waals surface area contributed by atoms with E-state index >= 15 is 0 Å². The van der Waals surface area contributed by atoms with E-state index in [0.717, 1.165) is 33.2 Å². The first-order valence-electron chi connectivity index (χ1n) is 11.5. The number of aromatic nitrogens is 5. The van der Waals surface area contributed by atoms with Crippen LogP contribution in [0.1, 0.15) is 16.1 Å². The van der Waals surface area contributed by atoms with Gasteiger partial charge in [-0.25, -0.2) is 19.0 Å². The highest BCUT2D eigenvalue weighted by Crippen LogP contribution is 2.36. The summed E-state index contributed by atoms with van der Waals surface area (Å²) in [6.07, 6.45) is 5.13. The zero-order chi connectivity index (χ0) is 25.4. The van der Waals surface area contributed by atoms with Gasteiger partial charge in [0.15, 0.2) is 17.1 Å². The second-order valence-electron chi connectivity index (χ2n) is 8.35. The number of methoxy groups -OCH3 is 1. The van der Waals surface area contributed by atoms with Crippen LogP contribution in [0.15, 0.2) is 91.5 Å². The molecule has 182 valence electrons. The van der Waals surface area contributed by atoms with Crippen molar-refractivity contribution in [3.8, 4) is 22.6 Å². The molecule has 6 aromatic rings. The first-order chi connectivity index (χ1) is 18.1. The zero-order valence-electron chi connectivity index (χ0n) is 19.7. The average Bonchev–Trinajstić information content (AvgIpc) is 3.62. The number of esters is 1. The summed E-state index contributed by atoms with van der Waals surface area (Å²) >= 11 is 6.15. The third kappa shape index (κ3) is 4.17. The molecule has 0 amide bonds. The molecule has 0 saturated heterocycles. The van der Waals surface area contributed by atoms with Crippen LogP contribution < -0.4 is 4.74 Å². The fourth-order valence-electron chi connectivity index (χ4n) is 4.30. The van der Waals surface area contributed by atoms with Gasteiger partial charge < -0.3 is 9.47 Å². The fourth-order valence-corrected chi connectivity index (χ4v) is 4.49. The van der Waals surface area contributed by atoms with Gasteiger partial charge in [-0.2, -0.15) is 10.2 Å². The molecule has 8 nitrogen and oxygen atoms in total. The molecule has 37 heavy (non-hydrogen) atoms. The van der Waals surface area contributed by atoms with Gasteiger partial charge >= 0.3 is 5.97 Å². The van der Waals surface area contributed by atoms with Crippen molar-refractivity contribution in [2.75, 3.05) is 7.11 Å². The molecule has 0 aliphatic heterocycles. The summed E-state index contributed by atoms with van der Waals surface area (Å²) in [6, 6.07) is 23.1. The number of halogens is 1. The predicted octanol–water partition coefficient (Wildman–Crippen LogP) is 5.75. The number of hydrogen-bond acceptors (Lipinski definition) is 6. The van der Waals surface area contributed by atoms with E-state index in [4.69, 9.17) is 21.1 Å². The van der Waals surface area contributed by atoms with Crippen molar-refractivity contribution in [2.24, 2.45) is 0 Å². The number of nitrogens with zero attached hydrogens (tertiary/aromatic N) is 5. The van der Waals surface area contributed by atoms with Crippen LogP contribution >= 0.6 is 11.6 Å². The van der Waals surface area contributed by atoms with Crippen molar-refractivity contribution in [1.29, 1.82) is 0 Å². The molecule has 3 aromatic carbocycles. The topological polar surface area (TPSA) is 83.5 Å². The number of pyridine rings is 1. The van der Waals surface area contributed by atoms with Gasteiger partial charge in [-0.15, -0.1) is 0 Å². The summed E-state index contributed by atoms with van der Waals surface area (Å²) in [6.45, 7) is 0.272. The highest BCUT2D eigenvalue weighted by molar-refractivity contribution is 6.30. The van der Waals surface area contributed by atoms with Crippen LogP contribution in [-0.2, 0) is 11.3 Å². The minimum Gasteiger partial charge on any atom is -0.486 e. The minimum absolute atomic E-state index is 0.181. The Hall–Kier alpha value is -4.69. The molecule has 0 unspecified atom stereocenters. The van der Waals surface area contributed by atoms with E-state index < -0.39 is 5.97 Å². The molecule has 0 spiro atoms. The van der Waals surface area contributed by atoms with Crippen molar-refractivity contribution in [2.45, 2.75) is 6.61 Å². The lowest BCUT2D eigenvalue weighted by atomic mass is 10.0. The minimum atomic E-state index is -0.563. The summed E-state index contributed by atoms with van der Waals surface area (Å²) < 4.78 is 14.5. The molecule has 0 saturated carbocycles. The number of ether oxygens (including phenoxy) is 2. The van der Waals surface area contributed by atoms with Gasteiger partial charge in [0.1, 0.15) is 12.9 Å². The fraction of sp³-hybridized carbons (Fsp3) is 0.0714. The van der Waals surface area contributed by atoms with E-state index in [0.29, 0.717) is 16.4 Å². The second-order valence-corrected chi connectivity index (χ2v) is 8.79.